The summed E-state index contributed by atoms with van der Waals surface area (Å²) < 4.78 is 18.6. The van der Waals surface area contributed by atoms with E-state index in [0.29, 0.717) is 73.0 Å². The van der Waals surface area contributed by atoms with E-state index in [1.54, 1.807) is 0 Å². The molecular weight excluding hydrogens is 488 g/mol. The van der Waals surface area contributed by atoms with E-state index in [1.165, 1.54) is 0 Å². The Kier molecular flexibility index (Phi) is 7.52. The van der Waals surface area contributed by atoms with Gasteiger partial charge in [0, 0.05) is 53.3 Å². The molecule has 5 rings (SSSR count). The molecule has 2 aromatic rings. The van der Waals surface area contributed by atoms with Gasteiger partial charge in [-0.15, -0.1) is 6.58 Å². The Balaban J connectivity index is 1.61. The average molecular weight is 519 g/mol. The summed E-state index contributed by atoms with van der Waals surface area (Å²) in [7, 11) is 0. The predicted molar refractivity (Wildman–Crippen MR) is 143 cm³/mol. The Bertz CT molecular complexity index is 1260. The quantitative estimate of drug-likeness (QED) is 0.346. The predicted octanol–water partition coefficient (Wildman–Crippen LogP) is 7.17. The van der Waals surface area contributed by atoms with Crippen LogP contribution in [0.3, 0.4) is 0 Å². The number of hydrogen-bond acceptors (Lipinski definition) is 5. The van der Waals surface area contributed by atoms with Gasteiger partial charge in [-0.2, -0.15) is 0 Å². The molecule has 0 bridgehead atoms. The Morgan fingerprint density at radius 1 is 0.973 bits per heavy atom. The van der Waals surface area contributed by atoms with E-state index in [0.717, 1.165) is 41.1 Å². The van der Waals surface area contributed by atoms with Gasteiger partial charge in [0.25, 0.3) is 0 Å². The Hall–Kier alpha value is -3.31. The zero-order chi connectivity index (χ0) is 25.9. The molecule has 0 radical (unpaired) electrons. The number of hydrogen-bond donors (Lipinski definition) is 0. The molecule has 37 heavy (non-hydrogen) atoms. The van der Waals surface area contributed by atoms with Crippen LogP contribution in [0.4, 0.5) is 0 Å². The zero-order valence-corrected chi connectivity index (χ0v) is 21.9. The van der Waals surface area contributed by atoms with Crippen LogP contribution in [0.1, 0.15) is 68.1 Å². The highest BCUT2D eigenvalue weighted by molar-refractivity contribution is 6.30. The van der Waals surface area contributed by atoms with Gasteiger partial charge in [0.05, 0.1) is 6.61 Å². The summed E-state index contributed by atoms with van der Waals surface area (Å²) in [5, 5.41) is 0.670. The molecule has 0 saturated heterocycles. The number of allylic oxidation sites excluding steroid dienone is 5. The van der Waals surface area contributed by atoms with Crippen LogP contribution in [0.15, 0.2) is 71.7 Å². The van der Waals surface area contributed by atoms with E-state index in [1.807, 2.05) is 49.4 Å². The summed E-state index contributed by atoms with van der Waals surface area (Å²) in [6.45, 7) is 6.66. The van der Waals surface area contributed by atoms with Crippen LogP contribution in [0.2, 0.25) is 5.02 Å². The highest BCUT2D eigenvalue weighted by Gasteiger charge is 2.42. The minimum absolute atomic E-state index is 0.0578. The van der Waals surface area contributed by atoms with E-state index in [-0.39, 0.29) is 11.6 Å². The molecule has 5 nitrogen and oxygen atoms in total. The number of carbonyl (C=O) groups is 2. The first kappa shape index (κ1) is 25.3. The maximum Gasteiger partial charge on any atom is 0.165 e. The molecule has 0 spiro atoms. The molecule has 3 aliphatic rings. The van der Waals surface area contributed by atoms with Crippen LogP contribution in [-0.4, -0.2) is 18.2 Å². The maximum absolute atomic E-state index is 13.2. The van der Waals surface area contributed by atoms with Crippen molar-refractivity contribution in [2.45, 2.75) is 64.4 Å². The Labute approximate surface area is 222 Å². The Morgan fingerprint density at radius 3 is 2.22 bits per heavy atom. The number of ether oxygens (including phenoxy) is 3. The van der Waals surface area contributed by atoms with Gasteiger partial charge in [0.1, 0.15) is 18.1 Å². The van der Waals surface area contributed by atoms with Crippen LogP contribution in [0.25, 0.3) is 0 Å². The van der Waals surface area contributed by atoms with Crippen molar-refractivity contribution >= 4 is 23.2 Å². The van der Waals surface area contributed by atoms with E-state index >= 15 is 0 Å². The largest absolute Gasteiger partial charge is 0.490 e. The smallest absolute Gasteiger partial charge is 0.165 e. The third kappa shape index (κ3) is 5.10. The van der Waals surface area contributed by atoms with Crippen LogP contribution in [-0.2, 0) is 27.4 Å². The molecule has 0 aromatic heterocycles. The average Bonchev–Trinajstić information content (AvgIpc) is 2.88. The lowest BCUT2D eigenvalue weighted by Crippen LogP contribution is -2.30. The second-order valence-corrected chi connectivity index (χ2v) is 10.0. The molecule has 2 aliphatic carbocycles. The summed E-state index contributed by atoms with van der Waals surface area (Å²) in [5.74, 6) is 2.34. The van der Waals surface area contributed by atoms with Crippen LogP contribution < -0.4 is 9.47 Å². The molecule has 2 aromatic carbocycles. The molecule has 1 aliphatic heterocycles. The van der Waals surface area contributed by atoms with Gasteiger partial charge in [-0.05, 0) is 55.5 Å². The summed E-state index contributed by atoms with van der Waals surface area (Å²) >= 11 is 6.03. The number of ketones is 2. The first-order chi connectivity index (χ1) is 18.0. The van der Waals surface area contributed by atoms with Gasteiger partial charge in [-0.25, -0.2) is 0 Å². The maximum atomic E-state index is 13.2. The van der Waals surface area contributed by atoms with Crippen molar-refractivity contribution in [3.05, 3.63) is 93.4 Å². The fraction of sp³-hybridized carbons (Fsp3) is 0.355. The summed E-state index contributed by atoms with van der Waals surface area (Å²) in [4.78, 5) is 26.4. The zero-order valence-electron chi connectivity index (χ0n) is 21.1. The molecule has 192 valence electrons. The second kappa shape index (κ2) is 11.0. The molecule has 0 amide bonds. The van der Waals surface area contributed by atoms with Crippen molar-refractivity contribution in [2.24, 2.45) is 0 Å². The first-order valence-corrected chi connectivity index (χ1v) is 13.4. The van der Waals surface area contributed by atoms with Crippen molar-refractivity contribution < 1.29 is 23.8 Å². The van der Waals surface area contributed by atoms with Gasteiger partial charge in [0.15, 0.2) is 23.1 Å². The van der Waals surface area contributed by atoms with Crippen molar-refractivity contribution in [3.8, 4) is 11.5 Å². The number of benzene rings is 2. The minimum Gasteiger partial charge on any atom is -0.490 e. The van der Waals surface area contributed by atoms with Crippen LogP contribution in [0, 0.1) is 0 Å². The monoisotopic (exact) mass is 518 g/mol. The molecule has 6 heteroatoms. The lowest BCUT2D eigenvalue weighted by molar-refractivity contribution is -0.117. The molecule has 0 N–H and O–H groups in total. The third-order valence-corrected chi connectivity index (χ3v) is 7.34. The number of halogens is 1. The number of carbonyl (C=O) groups excluding carboxylic acids is 2. The van der Waals surface area contributed by atoms with Gasteiger partial charge in [0.2, 0.25) is 0 Å². The van der Waals surface area contributed by atoms with E-state index in [4.69, 9.17) is 25.8 Å². The van der Waals surface area contributed by atoms with Crippen molar-refractivity contribution in [1.82, 2.24) is 0 Å². The topological polar surface area (TPSA) is 61.8 Å². The number of Topliss-reactive ketones (excluding diaryl/α,β-unsaturated/α-hetero) is 2. The van der Waals surface area contributed by atoms with E-state index in [2.05, 4.69) is 6.58 Å². The second-order valence-electron chi connectivity index (χ2n) is 9.61. The summed E-state index contributed by atoms with van der Waals surface area (Å²) in [6.07, 6.45) is 6.26. The highest BCUT2D eigenvalue weighted by atomic mass is 35.5. The van der Waals surface area contributed by atoms with E-state index < -0.39 is 5.92 Å². The normalized spacial score (nSPS) is 17.8. The van der Waals surface area contributed by atoms with Crippen molar-refractivity contribution in [1.29, 1.82) is 0 Å². The molecular formula is C31H31ClO5. The molecule has 0 atom stereocenters. The fourth-order valence-electron chi connectivity index (χ4n) is 5.47. The lowest BCUT2D eigenvalue weighted by atomic mass is 9.73. The van der Waals surface area contributed by atoms with E-state index in [9.17, 15) is 9.59 Å². The van der Waals surface area contributed by atoms with Gasteiger partial charge >= 0.3 is 0 Å². The molecule has 0 unspecified atom stereocenters. The van der Waals surface area contributed by atoms with Gasteiger partial charge in [-0.3, -0.25) is 9.59 Å². The van der Waals surface area contributed by atoms with Crippen LogP contribution >= 0.6 is 11.6 Å². The summed E-state index contributed by atoms with van der Waals surface area (Å²) in [5.41, 5.74) is 3.99. The van der Waals surface area contributed by atoms with Crippen LogP contribution in [0.5, 0.6) is 11.5 Å². The lowest BCUT2D eigenvalue weighted by Gasteiger charge is -2.36. The molecule has 0 saturated carbocycles. The van der Waals surface area contributed by atoms with Crippen molar-refractivity contribution in [3.63, 3.8) is 0 Å². The summed E-state index contributed by atoms with van der Waals surface area (Å²) in [6, 6.07) is 11.5. The third-order valence-electron chi connectivity index (χ3n) is 7.09. The standard InChI is InChI=1S/C31H31ClO5/c1-3-7-20-16-21(17-27(35-4-2)31(20)36-18-19-12-14-22(32)15-13-19)28-29-23(33)8-5-10-25(29)37-26-11-6-9-24(34)30(26)28/h3,12-17,28H,1,4-11,18H2,2H3. The fourth-order valence-corrected chi connectivity index (χ4v) is 5.60. The highest BCUT2D eigenvalue weighted by Crippen LogP contribution is 2.49. The Morgan fingerprint density at radius 2 is 1.62 bits per heavy atom. The van der Waals surface area contributed by atoms with Crippen molar-refractivity contribution in [2.75, 3.05) is 6.61 Å². The number of rotatable bonds is 8. The molecule has 1 heterocycles. The first-order valence-electron chi connectivity index (χ1n) is 13.0. The SMILES string of the molecule is C=CCc1cc(C2C3=C(CCCC3=O)OC3=C2C(=O)CCC3)cc(OCC)c1OCc1ccc(Cl)cc1. The van der Waals surface area contributed by atoms with Gasteiger partial charge in [-0.1, -0.05) is 35.9 Å². The molecule has 0 fully saturated rings. The minimum atomic E-state index is -0.451. The van der Waals surface area contributed by atoms with Gasteiger partial charge < -0.3 is 14.2 Å².